The Labute approximate surface area is 213 Å². The van der Waals surface area contributed by atoms with Gasteiger partial charge < -0.3 is 0 Å². The maximum Gasteiger partial charge on any atom is 0.264 e. The van der Waals surface area contributed by atoms with E-state index in [9.17, 15) is 13.2 Å². The second-order valence-electron chi connectivity index (χ2n) is 8.08. The van der Waals surface area contributed by atoms with Gasteiger partial charge >= 0.3 is 0 Å². The molecule has 180 valence electrons. The van der Waals surface area contributed by atoms with Crippen LogP contribution in [0, 0.1) is 20.8 Å². The van der Waals surface area contributed by atoms with Crippen molar-refractivity contribution in [3.63, 3.8) is 0 Å². The average Bonchev–Trinajstić information content (AvgIpc) is 3.28. The highest BCUT2D eigenvalue weighted by molar-refractivity contribution is 7.92. The van der Waals surface area contributed by atoms with Crippen molar-refractivity contribution in [1.82, 2.24) is 10.2 Å². The molecule has 0 saturated carbocycles. The SMILES string of the molecule is Cc1ccc(S(=O)(=O)N(CC(=O)Nc2nnc(-c3ccc(Cl)cc3)s2)c2cc(C)ccc2C)cc1. The number of sulfonamides is 1. The van der Waals surface area contributed by atoms with Crippen molar-refractivity contribution < 1.29 is 13.2 Å². The number of hydrogen-bond donors (Lipinski definition) is 1. The molecule has 4 rings (SSSR count). The van der Waals surface area contributed by atoms with Crippen LogP contribution in [0.25, 0.3) is 10.6 Å². The molecule has 1 amide bonds. The molecule has 1 aromatic heterocycles. The molecule has 35 heavy (non-hydrogen) atoms. The Morgan fingerprint density at radius 1 is 0.943 bits per heavy atom. The summed E-state index contributed by atoms with van der Waals surface area (Å²) < 4.78 is 28.4. The lowest BCUT2D eigenvalue weighted by Gasteiger charge is -2.26. The number of rotatable bonds is 7. The molecule has 0 aliphatic carbocycles. The lowest BCUT2D eigenvalue weighted by Crippen LogP contribution is -2.38. The summed E-state index contributed by atoms with van der Waals surface area (Å²) in [6.07, 6.45) is 0. The van der Waals surface area contributed by atoms with Crippen LogP contribution in [0.1, 0.15) is 16.7 Å². The number of amides is 1. The highest BCUT2D eigenvalue weighted by atomic mass is 35.5. The Kier molecular flexibility index (Phi) is 7.20. The van der Waals surface area contributed by atoms with E-state index in [0.29, 0.717) is 15.7 Å². The van der Waals surface area contributed by atoms with Crippen molar-refractivity contribution in [1.29, 1.82) is 0 Å². The quantitative estimate of drug-likeness (QED) is 0.337. The minimum Gasteiger partial charge on any atom is -0.299 e. The molecule has 0 radical (unpaired) electrons. The largest absolute Gasteiger partial charge is 0.299 e. The summed E-state index contributed by atoms with van der Waals surface area (Å²) in [7, 11) is -4.01. The molecule has 3 aromatic carbocycles. The van der Waals surface area contributed by atoms with Crippen LogP contribution in [0.15, 0.2) is 71.6 Å². The molecule has 10 heteroatoms. The van der Waals surface area contributed by atoms with E-state index in [2.05, 4.69) is 15.5 Å². The number of aromatic nitrogens is 2. The number of nitrogens with zero attached hydrogens (tertiary/aromatic N) is 3. The zero-order valence-corrected chi connectivity index (χ0v) is 21.7. The van der Waals surface area contributed by atoms with Gasteiger partial charge in [0.05, 0.1) is 10.6 Å². The molecule has 4 aromatic rings. The van der Waals surface area contributed by atoms with E-state index >= 15 is 0 Å². The van der Waals surface area contributed by atoms with Gasteiger partial charge in [0, 0.05) is 10.6 Å². The number of carbonyl (C=O) groups excluding carboxylic acids is 1. The second kappa shape index (κ2) is 10.2. The summed E-state index contributed by atoms with van der Waals surface area (Å²) >= 11 is 7.13. The first-order chi connectivity index (χ1) is 16.6. The molecule has 0 bridgehead atoms. The maximum absolute atomic E-state index is 13.6. The number of anilines is 2. The number of aryl methyl sites for hydroxylation is 3. The lowest BCUT2D eigenvalue weighted by molar-refractivity contribution is -0.114. The molecule has 0 spiro atoms. The van der Waals surface area contributed by atoms with Gasteiger partial charge in [-0.25, -0.2) is 8.42 Å². The van der Waals surface area contributed by atoms with Crippen molar-refractivity contribution in [3.8, 4) is 10.6 Å². The Morgan fingerprint density at radius 2 is 1.60 bits per heavy atom. The zero-order chi connectivity index (χ0) is 25.2. The van der Waals surface area contributed by atoms with Gasteiger partial charge in [0.1, 0.15) is 11.6 Å². The van der Waals surface area contributed by atoms with E-state index < -0.39 is 22.5 Å². The average molecular weight is 527 g/mol. The molecule has 0 aliphatic heterocycles. The normalized spacial score (nSPS) is 11.3. The second-order valence-corrected chi connectivity index (χ2v) is 11.4. The summed E-state index contributed by atoms with van der Waals surface area (Å²) in [6.45, 7) is 5.15. The summed E-state index contributed by atoms with van der Waals surface area (Å²) in [6, 6.07) is 19.2. The number of halogens is 1. The van der Waals surface area contributed by atoms with Crippen LogP contribution in [0.2, 0.25) is 5.02 Å². The van der Waals surface area contributed by atoms with Crippen molar-refractivity contribution in [3.05, 3.63) is 88.4 Å². The van der Waals surface area contributed by atoms with Crippen molar-refractivity contribution in [2.24, 2.45) is 0 Å². The predicted molar refractivity (Wildman–Crippen MR) is 141 cm³/mol. The summed E-state index contributed by atoms with van der Waals surface area (Å²) in [5.74, 6) is -0.527. The molecular weight excluding hydrogens is 504 g/mol. The topological polar surface area (TPSA) is 92.3 Å². The van der Waals surface area contributed by atoms with Gasteiger partial charge in [0.25, 0.3) is 10.0 Å². The van der Waals surface area contributed by atoms with E-state index in [0.717, 1.165) is 26.6 Å². The van der Waals surface area contributed by atoms with Gasteiger partial charge in [-0.1, -0.05) is 64.9 Å². The Bertz CT molecular complexity index is 1470. The van der Waals surface area contributed by atoms with Crippen LogP contribution in [-0.2, 0) is 14.8 Å². The van der Waals surface area contributed by atoms with Gasteiger partial charge in [-0.05, 0) is 62.2 Å². The van der Waals surface area contributed by atoms with Gasteiger partial charge in [0.2, 0.25) is 11.0 Å². The van der Waals surface area contributed by atoms with Crippen molar-refractivity contribution >= 4 is 49.7 Å². The van der Waals surface area contributed by atoms with Crippen LogP contribution < -0.4 is 9.62 Å². The minimum absolute atomic E-state index is 0.109. The summed E-state index contributed by atoms with van der Waals surface area (Å²) in [5.41, 5.74) is 3.81. The third-order valence-corrected chi connectivity index (χ3v) is 8.21. The van der Waals surface area contributed by atoms with Crippen LogP contribution in [0.3, 0.4) is 0 Å². The summed E-state index contributed by atoms with van der Waals surface area (Å²) in [4.78, 5) is 13.1. The fraction of sp³-hybridized carbons (Fsp3) is 0.160. The molecule has 0 unspecified atom stereocenters. The molecule has 0 atom stereocenters. The Morgan fingerprint density at radius 3 is 2.29 bits per heavy atom. The van der Waals surface area contributed by atoms with E-state index in [1.54, 1.807) is 42.5 Å². The Balaban J connectivity index is 1.62. The van der Waals surface area contributed by atoms with Crippen LogP contribution in [0.5, 0.6) is 0 Å². The molecule has 0 aliphatic rings. The fourth-order valence-corrected chi connectivity index (χ4v) is 5.77. The zero-order valence-electron chi connectivity index (χ0n) is 19.3. The van der Waals surface area contributed by atoms with E-state index in [4.69, 9.17) is 11.6 Å². The van der Waals surface area contributed by atoms with Gasteiger partial charge in [-0.2, -0.15) is 0 Å². The first-order valence-electron chi connectivity index (χ1n) is 10.7. The van der Waals surface area contributed by atoms with Gasteiger partial charge in [-0.15, -0.1) is 10.2 Å². The molecule has 1 heterocycles. The molecule has 1 N–H and O–H groups in total. The third-order valence-electron chi connectivity index (χ3n) is 5.29. The smallest absolute Gasteiger partial charge is 0.264 e. The summed E-state index contributed by atoms with van der Waals surface area (Å²) in [5, 5.41) is 12.3. The number of hydrogen-bond acceptors (Lipinski definition) is 6. The lowest BCUT2D eigenvalue weighted by atomic mass is 10.1. The van der Waals surface area contributed by atoms with Crippen LogP contribution in [0.4, 0.5) is 10.8 Å². The highest BCUT2D eigenvalue weighted by Crippen LogP contribution is 2.30. The minimum atomic E-state index is -4.01. The van der Waals surface area contributed by atoms with E-state index in [1.807, 2.05) is 45.0 Å². The monoisotopic (exact) mass is 526 g/mol. The first kappa shape index (κ1) is 24.8. The molecule has 7 nitrogen and oxygen atoms in total. The first-order valence-corrected chi connectivity index (χ1v) is 13.3. The molecule has 0 fully saturated rings. The van der Waals surface area contributed by atoms with Crippen LogP contribution >= 0.6 is 22.9 Å². The van der Waals surface area contributed by atoms with E-state index in [-0.39, 0.29) is 10.0 Å². The number of benzene rings is 3. The fourth-order valence-electron chi connectivity index (χ4n) is 3.40. The Hall–Kier alpha value is -3.27. The maximum atomic E-state index is 13.6. The number of carbonyl (C=O) groups is 1. The van der Waals surface area contributed by atoms with Crippen LogP contribution in [-0.4, -0.2) is 31.1 Å². The van der Waals surface area contributed by atoms with Crippen molar-refractivity contribution in [2.75, 3.05) is 16.2 Å². The third kappa shape index (κ3) is 5.70. The number of nitrogens with one attached hydrogen (secondary N) is 1. The standard InChI is InChI=1S/C25H23ClN4O3S2/c1-16-5-12-21(13-6-16)35(32,33)30(22-14-17(2)4-7-18(22)3)15-23(31)27-25-29-28-24(34-25)19-8-10-20(26)11-9-19/h4-14H,15H2,1-3H3,(H,27,29,31). The van der Waals surface area contributed by atoms with Gasteiger partial charge in [-0.3, -0.25) is 14.4 Å². The predicted octanol–water partition coefficient (Wildman–Crippen LogP) is 5.62. The highest BCUT2D eigenvalue weighted by Gasteiger charge is 2.28. The molecule has 0 saturated heterocycles. The van der Waals surface area contributed by atoms with Gasteiger partial charge in [0.15, 0.2) is 0 Å². The van der Waals surface area contributed by atoms with E-state index in [1.165, 1.54) is 11.3 Å². The molecular formula is C25H23ClN4O3S2. The van der Waals surface area contributed by atoms with Crippen molar-refractivity contribution in [2.45, 2.75) is 25.7 Å².